The van der Waals surface area contributed by atoms with E-state index in [1.807, 2.05) is 18.2 Å². The lowest BCUT2D eigenvalue weighted by Gasteiger charge is -2.11. The zero-order valence-corrected chi connectivity index (χ0v) is 14.9. The molecule has 1 saturated carbocycles. The summed E-state index contributed by atoms with van der Waals surface area (Å²) in [5, 5.41) is 6.78. The summed E-state index contributed by atoms with van der Waals surface area (Å²) in [6, 6.07) is 17.0. The SMILES string of the molecule is CN=C(NCc1ccccn1)NC1CC1c1ccccc1.I. The van der Waals surface area contributed by atoms with E-state index in [0.717, 1.165) is 18.1 Å². The normalized spacial score (nSPS) is 20.0. The maximum atomic E-state index is 4.30. The fraction of sp³-hybridized carbons (Fsp3) is 0.294. The minimum atomic E-state index is 0. The van der Waals surface area contributed by atoms with Gasteiger partial charge in [-0.1, -0.05) is 36.4 Å². The molecule has 0 saturated heterocycles. The maximum absolute atomic E-state index is 4.30. The molecule has 0 amide bonds. The summed E-state index contributed by atoms with van der Waals surface area (Å²) in [6.07, 6.45) is 2.97. The van der Waals surface area contributed by atoms with Crippen molar-refractivity contribution in [2.45, 2.75) is 24.9 Å². The molecule has 0 spiro atoms. The minimum absolute atomic E-state index is 0. The number of guanidine groups is 1. The molecule has 1 heterocycles. The van der Waals surface area contributed by atoms with E-state index in [4.69, 9.17) is 0 Å². The van der Waals surface area contributed by atoms with Gasteiger partial charge in [0, 0.05) is 25.2 Å². The molecule has 1 aromatic heterocycles. The predicted octanol–water partition coefficient (Wildman–Crippen LogP) is 2.92. The second kappa shape index (κ2) is 8.12. The number of aliphatic imine (C=N–C) groups is 1. The van der Waals surface area contributed by atoms with Gasteiger partial charge in [-0.3, -0.25) is 9.98 Å². The quantitative estimate of drug-likeness (QED) is 0.465. The number of pyridine rings is 1. The van der Waals surface area contributed by atoms with Crippen LogP contribution < -0.4 is 10.6 Å². The van der Waals surface area contributed by atoms with Crippen LogP contribution in [0, 0.1) is 0 Å². The number of rotatable bonds is 4. The van der Waals surface area contributed by atoms with Gasteiger partial charge in [0.05, 0.1) is 12.2 Å². The molecule has 3 rings (SSSR count). The molecule has 22 heavy (non-hydrogen) atoms. The fourth-order valence-corrected chi connectivity index (χ4v) is 2.47. The number of benzene rings is 1. The standard InChI is InChI=1S/C17H20N4.HI/c1-18-17(20-12-14-9-5-6-10-19-14)21-16-11-15(16)13-7-3-2-4-8-13;/h2-10,15-16H,11-12H2,1H3,(H2,18,20,21);1H. The Hall–Kier alpha value is -1.63. The summed E-state index contributed by atoms with van der Waals surface area (Å²) in [5.41, 5.74) is 2.41. The lowest BCUT2D eigenvalue weighted by atomic mass is 10.1. The Labute approximate surface area is 148 Å². The average molecular weight is 408 g/mol. The predicted molar refractivity (Wildman–Crippen MR) is 101 cm³/mol. The fourth-order valence-electron chi connectivity index (χ4n) is 2.47. The summed E-state index contributed by atoms with van der Waals surface area (Å²) in [5.74, 6) is 1.43. The number of halogens is 1. The van der Waals surface area contributed by atoms with Crippen LogP contribution in [0.2, 0.25) is 0 Å². The van der Waals surface area contributed by atoms with E-state index < -0.39 is 0 Å². The van der Waals surface area contributed by atoms with Crippen molar-refractivity contribution in [1.82, 2.24) is 15.6 Å². The molecule has 116 valence electrons. The van der Waals surface area contributed by atoms with Crippen LogP contribution in [-0.2, 0) is 6.54 Å². The van der Waals surface area contributed by atoms with Crippen molar-refractivity contribution in [2.75, 3.05) is 7.05 Å². The van der Waals surface area contributed by atoms with Gasteiger partial charge >= 0.3 is 0 Å². The van der Waals surface area contributed by atoms with Gasteiger partial charge in [-0.15, -0.1) is 24.0 Å². The topological polar surface area (TPSA) is 49.3 Å². The van der Waals surface area contributed by atoms with E-state index in [0.29, 0.717) is 18.5 Å². The molecule has 1 aromatic carbocycles. The Morgan fingerprint density at radius 1 is 1.18 bits per heavy atom. The highest BCUT2D eigenvalue weighted by Crippen LogP contribution is 2.40. The van der Waals surface area contributed by atoms with E-state index in [1.54, 1.807) is 13.2 Å². The van der Waals surface area contributed by atoms with Crippen molar-refractivity contribution in [1.29, 1.82) is 0 Å². The van der Waals surface area contributed by atoms with Gasteiger partial charge in [0.15, 0.2) is 5.96 Å². The Bertz CT molecular complexity index is 601. The number of nitrogens with zero attached hydrogens (tertiary/aromatic N) is 2. The molecule has 4 nitrogen and oxygen atoms in total. The van der Waals surface area contributed by atoms with E-state index in [1.165, 1.54) is 5.56 Å². The summed E-state index contributed by atoms with van der Waals surface area (Å²) >= 11 is 0. The van der Waals surface area contributed by atoms with E-state index in [2.05, 4.69) is 50.9 Å². The highest BCUT2D eigenvalue weighted by atomic mass is 127. The van der Waals surface area contributed by atoms with Gasteiger partial charge in [0.2, 0.25) is 0 Å². The van der Waals surface area contributed by atoms with Crippen LogP contribution >= 0.6 is 24.0 Å². The Kier molecular flexibility index (Phi) is 6.18. The molecule has 0 aliphatic heterocycles. The second-order valence-electron chi connectivity index (χ2n) is 5.25. The Morgan fingerprint density at radius 3 is 2.64 bits per heavy atom. The zero-order valence-electron chi connectivity index (χ0n) is 12.6. The number of hydrogen-bond acceptors (Lipinski definition) is 2. The van der Waals surface area contributed by atoms with E-state index >= 15 is 0 Å². The van der Waals surface area contributed by atoms with Crippen molar-refractivity contribution in [2.24, 2.45) is 4.99 Å². The van der Waals surface area contributed by atoms with Crippen LogP contribution in [0.3, 0.4) is 0 Å². The van der Waals surface area contributed by atoms with Gasteiger partial charge in [-0.2, -0.15) is 0 Å². The average Bonchev–Trinajstić information content (AvgIpc) is 3.32. The van der Waals surface area contributed by atoms with Gasteiger partial charge in [-0.25, -0.2) is 0 Å². The first-order valence-electron chi connectivity index (χ1n) is 7.29. The molecule has 1 fully saturated rings. The van der Waals surface area contributed by atoms with Gasteiger partial charge in [0.1, 0.15) is 0 Å². The number of aromatic nitrogens is 1. The lowest BCUT2D eigenvalue weighted by molar-refractivity contribution is 0.779. The Balaban J connectivity index is 0.00000176. The highest BCUT2D eigenvalue weighted by molar-refractivity contribution is 14.0. The van der Waals surface area contributed by atoms with Gasteiger partial charge in [-0.05, 0) is 24.1 Å². The largest absolute Gasteiger partial charge is 0.353 e. The Morgan fingerprint density at radius 2 is 1.95 bits per heavy atom. The molecule has 2 unspecified atom stereocenters. The zero-order chi connectivity index (χ0) is 14.5. The summed E-state index contributed by atoms with van der Waals surface area (Å²) in [7, 11) is 1.80. The van der Waals surface area contributed by atoms with Crippen molar-refractivity contribution >= 4 is 29.9 Å². The van der Waals surface area contributed by atoms with Crippen LogP contribution in [0.25, 0.3) is 0 Å². The van der Waals surface area contributed by atoms with Crippen LogP contribution in [0.5, 0.6) is 0 Å². The third-order valence-electron chi connectivity index (χ3n) is 3.73. The summed E-state index contributed by atoms with van der Waals surface area (Å²) < 4.78 is 0. The first-order chi connectivity index (χ1) is 10.4. The minimum Gasteiger partial charge on any atom is -0.353 e. The van der Waals surface area contributed by atoms with Crippen LogP contribution in [-0.4, -0.2) is 24.0 Å². The summed E-state index contributed by atoms with van der Waals surface area (Å²) in [6.45, 7) is 0.684. The number of hydrogen-bond donors (Lipinski definition) is 2. The summed E-state index contributed by atoms with van der Waals surface area (Å²) in [4.78, 5) is 8.58. The molecular formula is C17H21IN4. The van der Waals surface area contributed by atoms with Crippen molar-refractivity contribution in [3.8, 4) is 0 Å². The smallest absolute Gasteiger partial charge is 0.191 e. The molecule has 5 heteroatoms. The number of nitrogens with one attached hydrogen (secondary N) is 2. The van der Waals surface area contributed by atoms with Crippen molar-refractivity contribution in [3.63, 3.8) is 0 Å². The highest BCUT2D eigenvalue weighted by Gasteiger charge is 2.38. The molecular weight excluding hydrogens is 387 g/mol. The molecule has 1 aliphatic carbocycles. The molecule has 0 radical (unpaired) electrons. The van der Waals surface area contributed by atoms with E-state index in [-0.39, 0.29) is 24.0 Å². The second-order valence-corrected chi connectivity index (χ2v) is 5.25. The van der Waals surface area contributed by atoms with E-state index in [9.17, 15) is 0 Å². The third kappa shape index (κ3) is 4.43. The van der Waals surface area contributed by atoms with Gasteiger partial charge in [0.25, 0.3) is 0 Å². The van der Waals surface area contributed by atoms with Crippen LogP contribution in [0.1, 0.15) is 23.6 Å². The molecule has 0 bridgehead atoms. The van der Waals surface area contributed by atoms with Crippen LogP contribution in [0.4, 0.5) is 0 Å². The molecule has 2 atom stereocenters. The maximum Gasteiger partial charge on any atom is 0.191 e. The first kappa shape index (κ1) is 16.7. The van der Waals surface area contributed by atoms with Crippen LogP contribution in [0.15, 0.2) is 59.7 Å². The molecule has 2 N–H and O–H groups in total. The first-order valence-corrected chi connectivity index (χ1v) is 7.29. The van der Waals surface area contributed by atoms with Gasteiger partial charge < -0.3 is 10.6 Å². The van der Waals surface area contributed by atoms with Crippen molar-refractivity contribution < 1.29 is 0 Å². The monoisotopic (exact) mass is 408 g/mol. The lowest BCUT2D eigenvalue weighted by Crippen LogP contribution is -2.38. The molecule has 1 aliphatic rings. The van der Waals surface area contributed by atoms with Crippen molar-refractivity contribution in [3.05, 3.63) is 66.0 Å². The molecule has 2 aromatic rings. The third-order valence-corrected chi connectivity index (χ3v) is 3.73.